The second-order valence-electron chi connectivity index (χ2n) is 5.09. The van der Waals surface area contributed by atoms with Crippen molar-refractivity contribution in [3.05, 3.63) is 35.1 Å². The van der Waals surface area contributed by atoms with E-state index in [0.717, 1.165) is 37.8 Å². The first-order valence-corrected chi connectivity index (χ1v) is 6.87. The molecule has 0 bridgehead atoms. The van der Waals surface area contributed by atoms with Crippen molar-refractivity contribution >= 4 is 11.9 Å². The van der Waals surface area contributed by atoms with Crippen LogP contribution in [0.15, 0.2) is 18.2 Å². The maximum Gasteiger partial charge on any atom is 0.335 e. The number of carboxylic acid groups (broad SMARTS) is 1. The Balaban J connectivity index is 2.30. The molecule has 0 radical (unpaired) electrons. The van der Waals surface area contributed by atoms with Gasteiger partial charge in [-0.2, -0.15) is 0 Å². The minimum absolute atomic E-state index is 0.114. The van der Waals surface area contributed by atoms with Crippen molar-refractivity contribution in [3.63, 3.8) is 0 Å². The number of carboxylic acids is 1. The van der Waals surface area contributed by atoms with E-state index in [9.17, 15) is 14.0 Å². The molecule has 1 aliphatic rings. The quantitative estimate of drug-likeness (QED) is 0.925. The number of nitrogens with zero attached hydrogens (tertiary/aromatic N) is 1. The molecule has 4 nitrogen and oxygen atoms in total. The fourth-order valence-corrected chi connectivity index (χ4v) is 2.69. The highest BCUT2D eigenvalue weighted by atomic mass is 19.1. The summed E-state index contributed by atoms with van der Waals surface area (Å²) in [6.45, 7) is 2.67. The van der Waals surface area contributed by atoms with E-state index < -0.39 is 11.8 Å². The Morgan fingerprint density at radius 2 is 2.00 bits per heavy atom. The van der Waals surface area contributed by atoms with Gasteiger partial charge in [-0.1, -0.05) is 6.92 Å². The summed E-state index contributed by atoms with van der Waals surface area (Å²) >= 11 is 0. The van der Waals surface area contributed by atoms with Crippen LogP contribution >= 0.6 is 0 Å². The smallest absolute Gasteiger partial charge is 0.335 e. The Morgan fingerprint density at radius 3 is 2.65 bits per heavy atom. The molecule has 108 valence electrons. The van der Waals surface area contributed by atoms with E-state index in [0.29, 0.717) is 6.54 Å². The third kappa shape index (κ3) is 2.98. The molecule has 1 saturated heterocycles. The molecule has 1 heterocycles. The first kappa shape index (κ1) is 14.5. The van der Waals surface area contributed by atoms with Crippen molar-refractivity contribution in [2.75, 3.05) is 6.54 Å². The molecule has 1 unspecified atom stereocenters. The predicted octanol–water partition coefficient (Wildman–Crippen LogP) is 2.93. The maximum absolute atomic E-state index is 13.5. The molecule has 1 aromatic rings. The standard InChI is InChI=1S/C15H18FNO3/c1-2-13-5-3-4-6-17(13)14(18)10-7-11(15(19)20)9-12(16)8-10/h7-9,13H,2-6H2,1H3,(H,19,20). The van der Waals surface area contributed by atoms with Crippen molar-refractivity contribution in [2.24, 2.45) is 0 Å². The number of hydrogen-bond donors (Lipinski definition) is 1. The van der Waals surface area contributed by atoms with E-state index >= 15 is 0 Å². The fraction of sp³-hybridized carbons (Fsp3) is 0.467. The minimum Gasteiger partial charge on any atom is -0.478 e. The lowest BCUT2D eigenvalue weighted by Crippen LogP contribution is -2.43. The maximum atomic E-state index is 13.5. The molecule has 1 aromatic carbocycles. The molecule has 0 saturated carbocycles. The van der Waals surface area contributed by atoms with Crippen LogP contribution in [-0.2, 0) is 0 Å². The zero-order valence-electron chi connectivity index (χ0n) is 11.4. The largest absolute Gasteiger partial charge is 0.478 e. The number of carbonyl (C=O) groups is 2. The minimum atomic E-state index is -1.23. The molecule has 0 aromatic heterocycles. The van der Waals surface area contributed by atoms with E-state index in [1.165, 1.54) is 6.07 Å². The van der Waals surface area contributed by atoms with Crippen LogP contribution in [0, 0.1) is 5.82 Å². The number of rotatable bonds is 3. The SMILES string of the molecule is CCC1CCCCN1C(=O)c1cc(F)cc(C(=O)O)c1. The van der Waals surface area contributed by atoms with Crippen molar-refractivity contribution < 1.29 is 19.1 Å². The van der Waals surface area contributed by atoms with Gasteiger partial charge in [0.25, 0.3) is 5.91 Å². The summed E-state index contributed by atoms with van der Waals surface area (Å²) in [6, 6.07) is 3.44. The van der Waals surface area contributed by atoms with Gasteiger partial charge in [-0.3, -0.25) is 4.79 Å². The number of halogens is 1. The molecule has 1 amide bonds. The Hall–Kier alpha value is -1.91. The summed E-state index contributed by atoms with van der Waals surface area (Å²) in [7, 11) is 0. The number of benzene rings is 1. The lowest BCUT2D eigenvalue weighted by molar-refractivity contribution is 0.0607. The van der Waals surface area contributed by atoms with Crippen LogP contribution in [0.5, 0.6) is 0 Å². The van der Waals surface area contributed by atoms with Crippen LogP contribution in [0.3, 0.4) is 0 Å². The molecule has 2 rings (SSSR count). The second-order valence-corrected chi connectivity index (χ2v) is 5.09. The molecular weight excluding hydrogens is 261 g/mol. The summed E-state index contributed by atoms with van der Waals surface area (Å²) in [4.78, 5) is 25.1. The Kier molecular flexibility index (Phi) is 4.37. The lowest BCUT2D eigenvalue weighted by atomic mass is 9.98. The van der Waals surface area contributed by atoms with Crippen LogP contribution in [-0.4, -0.2) is 34.5 Å². The first-order valence-electron chi connectivity index (χ1n) is 6.87. The second kappa shape index (κ2) is 6.03. The summed E-state index contributed by atoms with van der Waals surface area (Å²) in [5.74, 6) is -2.21. The molecule has 1 atom stereocenters. The van der Waals surface area contributed by atoms with Gasteiger partial charge < -0.3 is 10.0 Å². The Labute approximate surface area is 117 Å². The Morgan fingerprint density at radius 1 is 1.30 bits per heavy atom. The predicted molar refractivity (Wildman–Crippen MR) is 72.3 cm³/mol. The number of hydrogen-bond acceptors (Lipinski definition) is 2. The monoisotopic (exact) mass is 279 g/mol. The van der Waals surface area contributed by atoms with Crippen molar-refractivity contribution in [3.8, 4) is 0 Å². The number of carbonyl (C=O) groups excluding carboxylic acids is 1. The van der Waals surface area contributed by atoms with E-state index in [1.54, 1.807) is 4.90 Å². The van der Waals surface area contributed by atoms with Crippen LogP contribution < -0.4 is 0 Å². The van der Waals surface area contributed by atoms with Crippen LogP contribution in [0.2, 0.25) is 0 Å². The van der Waals surface area contributed by atoms with E-state index in [1.807, 2.05) is 6.92 Å². The first-order chi connectivity index (χ1) is 9.52. The lowest BCUT2D eigenvalue weighted by Gasteiger charge is -2.35. The molecule has 1 N–H and O–H groups in total. The third-order valence-electron chi connectivity index (χ3n) is 3.75. The number of likely N-dealkylation sites (tertiary alicyclic amines) is 1. The van der Waals surface area contributed by atoms with Gasteiger partial charge in [0.15, 0.2) is 0 Å². The highest BCUT2D eigenvalue weighted by Gasteiger charge is 2.26. The highest BCUT2D eigenvalue weighted by molar-refractivity contribution is 5.97. The van der Waals surface area contributed by atoms with Gasteiger partial charge in [0.1, 0.15) is 5.82 Å². The molecule has 1 fully saturated rings. The van der Waals surface area contributed by atoms with E-state index in [-0.39, 0.29) is 23.1 Å². The van der Waals surface area contributed by atoms with Gasteiger partial charge in [0.2, 0.25) is 0 Å². The number of amides is 1. The van der Waals surface area contributed by atoms with Crippen molar-refractivity contribution in [1.82, 2.24) is 4.90 Å². The molecular formula is C15H18FNO3. The Bertz CT molecular complexity index is 530. The summed E-state index contributed by atoms with van der Waals surface area (Å²) < 4.78 is 13.5. The average Bonchev–Trinajstić information content (AvgIpc) is 2.45. The van der Waals surface area contributed by atoms with Gasteiger partial charge in [0, 0.05) is 18.2 Å². The van der Waals surface area contributed by atoms with E-state index in [4.69, 9.17) is 5.11 Å². The zero-order chi connectivity index (χ0) is 14.7. The van der Waals surface area contributed by atoms with Gasteiger partial charge in [-0.25, -0.2) is 9.18 Å². The van der Waals surface area contributed by atoms with Crippen molar-refractivity contribution in [2.45, 2.75) is 38.6 Å². The van der Waals surface area contributed by atoms with E-state index in [2.05, 4.69) is 0 Å². The highest BCUT2D eigenvalue weighted by Crippen LogP contribution is 2.22. The van der Waals surface area contributed by atoms with Gasteiger partial charge in [0.05, 0.1) is 5.56 Å². The fourth-order valence-electron chi connectivity index (χ4n) is 2.69. The van der Waals surface area contributed by atoms with Crippen LogP contribution in [0.4, 0.5) is 4.39 Å². The van der Waals surface area contributed by atoms with Crippen LogP contribution in [0.25, 0.3) is 0 Å². The molecule has 20 heavy (non-hydrogen) atoms. The van der Waals surface area contributed by atoms with Crippen molar-refractivity contribution in [1.29, 1.82) is 0 Å². The summed E-state index contributed by atoms with van der Waals surface area (Å²) in [6.07, 6.45) is 3.82. The van der Waals surface area contributed by atoms with Gasteiger partial charge in [-0.05, 0) is 43.9 Å². The zero-order valence-corrected chi connectivity index (χ0v) is 11.4. The van der Waals surface area contributed by atoms with Crippen LogP contribution in [0.1, 0.15) is 53.3 Å². The number of aromatic carboxylic acids is 1. The topological polar surface area (TPSA) is 57.6 Å². The molecule has 1 aliphatic heterocycles. The van der Waals surface area contributed by atoms with Gasteiger partial charge in [-0.15, -0.1) is 0 Å². The third-order valence-corrected chi connectivity index (χ3v) is 3.75. The molecule has 0 aliphatic carbocycles. The normalized spacial score (nSPS) is 18.9. The molecule has 5 heteroatoms. The van der Waals surface area contributed by atoms with Gasteiger partial charge >= 0.3 is 5.97 Å². The number of piperidine rings is 1. The summed E-state index contributed by atoms with van der Waals surface area (Å²) in [5.41, 5.74) is -0.0823. The summed E-state index contributed by atoms with van der Waals surface area (Å²) in [5, 5.41) is 8.93. The molecule has 0 spiro atoms. The average molecular weight is 279 g/mol.